The highest BCUT2D eigenvalue weighted by Gasteiger charge is 2.22. The average molecular weight is 243 g/mol. The third kappa shape index (κ3) is 3.72. The fourth-order valence-corrected chi connectivity index (χ4v) is 2.15. The van der Waals surface area contributed by atoms with Gasteiger partial charge in [0, 0.05) is 29.1 Å². The van der Waals surface area contributed by atoms with Crippen LogP contribution < -0.4 is 5.32 Å². The molecule has 0 aliphatic rings. The van der Waals surface area contributed by atoms with E-state index in [-0.39, 0.29) is 17.6 Å². The summed E-state index contributed by atoms with van der Waals surface area (Å²) in [5.74, 6) is 0.861. The molecule has 4 nitrogen and oxygen atoms in total. The molecule has 0 saturated heterocycles. The first kappa shape index (κ1) is 13.4. The molecule has 1 heterocycles. The Morgan fingerprint density at radius 3 is 2.31 bits per heavy atom. The average Bonchev–Trinajstić information content (AvgIpc) is 2.50. The predicted octanol–water partition coefficient (Wildman–Crippen LogP) is 2.41. The molecular formula is C11H21N3OS. The maximum absolute atomic E-state index is 8.94. The lowest BCUT2D eigenvalue weighted by Crippen LogP contribution is -2.31. The van der Waals surface area contributed by atoms with E-state index in [2.05, 4.69) is 35.4 Å². The Bertz CT molecular complexity index is 341. The number of rotatable bonds is 4. The van der Waals surface area contributed by atoms with Crippen LogP contribution in [0.3, 0.4) is 0 Å². The highest BCUT2D eigenvalue weighted by molar-refractivity contribution is 7.09. The van der Waals surface area contributed by atoms with Crippen molar-refractivity contribution in [2.45, 2.75) is 52.0 Å². The van der Waals surface area contributed by atoms with Crippen LogP contribution in [0.2, 0.25) is 0 Å². The van der Waals surface area contributed by atoms with Gasteiger partial charge in [0.2, 0.25) is 5.13 Å². The van der Waals surface area contributed by atoms with Crippen molar-refractivity contribution in [2.24, 2.45) is 0 Å². The minimum Gasteiger partial charge on any atom is -0.396 e. The molecule has 0 bridgehead atoms. The number of anilines is 1. The van der Waals surface area contributed by atoms with Gasteiger partial charge in [0.1, 0.15) is 5.82 Å². The lowest BCUT2D eigenvalue weighted by atomic mass is 9.96. The van der Waals surface area contributed by atoms with Gasteiger partial charge in [-0.2, -0.15) is 4.37 Å². The van der Waals surface area contributed by atoms with Gasteiger partial charge in [0.25, 0.3) is 0 Å². The molecule has 1 rings (SSSR count). The van der Waals surface area contributed by atoms with Gasteiger partial charge < -0.3 is 10.4 Å². The molecule has 92 valence electrons. The maximum Gasteiger partial charge on any atom is 0.203 e. The standard InChI is InChI=1S/C11H21N3OS/c1-10(2,3)8-12-9(16-14-8)13-11(4,5)6-7-15/h15H,6-7H2,1-5H3,(H,12,13,14). The van der Waals surface area contributed by atoms with Gasteiger partial charge in [0.05, 0.1) is 0 Å². The van der Waals surface area contributed by atoms with E-state index in [0.717, 1.165) is 11.0 Å². The van der Waals surface area contributed by atoms with Crippen LogP contribution in [0, 0.1) is 0 Å². The molecule has 1 aromatic heterocycles. The molecule has 16 heavy (non-hydrogen) atoms. The third-order valence-electron chi connectivity index (χ3n) is 2.28. The highest BCUT2D eigenvalue weighted by Crippen LogP contribution is 2.25. The Morgan fingerprint density at radius 2 is 1.88 bits per heavy atom. The van der Waals surface area contributed by atoms with Gasteiger partial charge >= 0.3 is 0 Å². The predicted molar refractivity (Wildman–Crippen MR) is 68.0 cm³/mol. The monoisotopic (exact) mass is 243 g/mol. The molecule has 0 aliphatic carbocycles. The Kier molecular flexibility index (Phi) is 3.91. The van der Waals surface area contributed by atoms with Crippen molar-refractivity contribution in [3.8, 4) is 0 Å². The molecule has 2 N–H and O–H groups in total. The summed E-state index contributed by atoms with van der Waals surface area (Å²) in [4.78, 5) is 4.46. The molecule has 0 atom stereocenters. The second-order valence-corrected chi connectivity index (χ2v) is 6.41. The summed E-state index contributed by atoms with van der Waals surface area (Å²) in [7, 11) is 0. The first-order valence-electron chi connectivity index (χ1n) is 5.48. The van der Waals surface area contributed by atoms with Gasteiger partial charge in [0.15, 0.2) is 0 Å². The fraction of sp³-hybridized carbons (Fsp3) is 0.818. The van der Waals surface area contributed by atoms with Crippen molar-refractivity contribution in [3.05, 3.63) is 5.82 Å². The highest BCUT2D eigenvalue weighted by atomic mass is 32.1. The number of aliphatic hydroxyl groups is 1. The van der Waals surface area contributed by atoms with Crippen molar-refractivity contribution < 1.29 is 5.11 Å². The molecule has 0 radical (unpaired) electrons. The first-order valence-corrected chi connectivity index (χ1v) is 6.25. The normalized spacial score (nSPS) is 12.9. The lowest BCUT2D eigenvalue weighted by molar-refractivity contribution is 0.261. The molecule has 0 unspecified atom stereocenters. The van der Waals surface area contributed by atoms with Gasteiger partial charge in [-0.05, 0) is 20.3 Å². The van der Waals surface area contributed by atoms with E-state index in [1.165, 1.54) is 11.5 Å². The molecule has 0 amide bonds. The van der Waals surface area contributed by atoms with Crippen LogP contribution in [0.1, 0.15) is 46.9 Å². The second-order valence-electron chi connectivity index (χ2n) is 5.66. The first-order chi connectivity index (χ1) is 7.24. The van der Waals surface area contributed by atoms with E-state index in [0.29, 0.717) is 6.42 Å². The van der Waals surface area contributed by atoms with Crippen molar-refractivity contribution in [1.29, 1.82) is 0 Å². The zero-order valence-corrected chi connectivity index (χ0v) is 11.5. The van der Waals surface area contributed by atoms with E-state index >= 15 is 0 Å². The van der Waals surface area contributed by atoms with E-state index in [1.807, 2.05) is 13.8 Å². The van der Waals surface area contributed by atoms with Crippen LogP contribution in [0.5, 0.6) is 0 Å². The maximum atomic E-state index is 8.94. The summed E-state index contributed by atoms with van der Waals surface area (Å²) < 4.78 is 4.34. The molecule has 0 saturated carbocycles. The number of aromatic nitrogens is 2. The molecule has 0 fully saturated rings. The Labute approximate surface area is 101 Å². The summed E-state index contributed by atoms with van der Waals surface area (Å²) in [6, 6.07) is 0. The van der Waals surface area contributed by atoms with Crippen molar-refractivity contribution in [3.63, 3.8) is 0 Å². The smallest absolute Gasteiger partial charge is 0.203 e. The summed E-state index contributed by atoms with van der Waals surface area (Å²) >= 11 is 1.38. The number of nitrogens with one attached hydrogen (secondary N) is 1. The summed E-state index contributed by atoms with van der Waals surface area (Å²) in [6.07, 6.45) is 0.692. The minimum absolute atomic E-state index is 0.0163. The van der Waals surface area contributed by atoms with E-state index < -0.39 is 0 Å². The van der Waals surface area contributed by atoms with Crippen LogP contribution in [0.25, 0.3) is 0 Å². The Morgan fingerprint density at radius 1 is 1.25 bits per heavy atom. The fourth-order valence-electron chi connectivity index (χ4n) is 1.21. The lowest BCUT2D eigenvalue weighted by Gasteiger charge is -2.24. The quantitative estimate of drug-likeness (QED) is 0.852. The number of nitrogens with zero attached hydrogens (tertiary/aromatic N) is 2. The second kappa shape index (κ2) is 4.67. The largest absolute Gasteiger partial charge is 0.396 e. The van der Waals surface area contributed by atoms with E-state index in [1.54, 1.807) is 0 Å². The number of hydrogen-bond acceptors (Lipinski definition) is 5. The Balaban J connectivity index is 2.73. The van der Waals surface area contributed by atoms with Gasteiger partial charge in [-0.15, -0.1) is 0 Å². The zero-order chi connectivity index (χ0) is 12.4. The van der Waals surface area contributed by atoms with Gasteiger partial charge in [-0.1, -0.05) is 20.8 Å². The minimum atomic E-state index is -0.149. The van der Waals surface area contributed by atoms with E-state index in [9.17, 15) is 0 Å². The van der Waals surface area contributed by atoms with Gasteiger partial charge in [-0.3, -0.25) is 0 Å². The van der Waals surface area contributed by atoms with Crippen molar-refractivity contribution in [1.82, 2.24) is 9.36 Å². The molecule has 0 aromatic carbocycles. The van der Waals surface area contributed by atoms with Crippen LogP contribution >= 0.6 is 11.5 Å². The molecule has 0 spiro atoms. The molecular weight excluding hydrogens is 222 g/mol. The SMILES string of the molecule is CC(C)(CCO)Nc1nc(C(C)(C)C)ns1. The molecule has 0 aliphatic heterocycles. The summed E-state index contributed by atoms with van der Waals surface area (Å²) in [5, 5.41) is 13.1. The summed E-state index contributed by atoms with van der Waals surface area (Å²) in [5.41, 5.74) is -0.166. The van der Waals surface area contributed by atoms with Crippen molar-refractivity contribution in [2.75, 3.05) is 11.9 Å². The zero-order valence-electron chi connectivity index (χ0n) is 10.7. The number of aliphatic hydroxyl groups excluding tert-OH is 1. The van der Waals surface area contributed by atoms with E-state index in [4.69, 9.17) is 5.11 Å². The molecule has 5 heteroatoms. The topological polar surface area (TPSA) is 58.0 Å². The summed E-state index contributed by atoms with van der Waals surface area (Å²) in [6.45, 7) is 10.5. The van der Waals surface area contributed by atoms with Crippen LogP contribution in [0.4, 0.5) is 5.13 Å². The number of hydrogen-bond donors (Lipinski definition) is 2. The molecule has 1 aromatic rings. The Hall–Kier alpha value is -0.680. The van der Waals surface area contributed by atoms with Crippen LogP contribution in [-0.4, -0.2) is 26.6 Å². The van der Waals surface area contributed by atoms with Gasteiger partial charge in [-0.25, -0.2) is 4.98 Å². The third-order valence-corrected chi connectivity index (χ3v) is 2.91. The van der Waals surface area contributed by atoms with Crippen LogP contribution in [-0.2, 0) is 5.41 Å². The van der Waals surface area contributed by atoms with Crippen molar-refractivity contribution >= 4 is 16.7 Å². The van der Waals surface area contributed by atoms with Crippen LogP contribution in [0.15, 0.2) is 0 Å².